The number of hydrogen-bond acceptors (Lipinski definition) is 22. The van der Waals surface area contributed by atoms with Crippen LogP contribution in [0, 0.1) is 0 Å². The summed E-state index contributed by atoms with van der Waals surface area (Å²) in [6.45, 7) is 7.25. The molecule has 2 fully saturated rings. The molecule has 22 heteroatoms. The van der Waals surface area contributed by atoms with Gasteiger partial charge in [-0.25, -0.2) is 0 Å². The SMILES string of the molecule is CC(=O)OC[C@H]1O[C@H](OCCN(CCOC2(O)O[C@H](COC(C)=O)[C@@H](OC(C)=O)[C@H](OC(C)=O)[C@@H]2OC(C)=O)Cc2ccccc2)[C@@H](OC(C)=O)[C@@H](OC(C)=O)[C@@H]1OC(C)=O. The molecule has 3 rings (SSSR count). The normalized spacial score (nSPS) is 27.1. The van der Waals surface area contributed by atoms with E-state index >= 15 is 0 Å². The number of hydrogen-bond donors (Lipinski definition) is 1. The zero-order valence-corrected chi connectivity index (χ0v) is 35.1. The van der Waals surface area contributed by atoms with Crippen molar-refractivity contribution in [2.45, 2.75) is 123 Å². The zero-order valence-electron chi connectivity index (χ0n) is 35.1. The van der Waals surface area contributed by atoms with Gasteiger partial charge in [0.05, 0.1) is 13.2 Å². The number of benzene rings is 1. The second-order valence-electron chi connectivity index (χ2n) is 13.8. The highest BCUT2D eigenvalue weighted by molar-refractivity contribution is 5.70. The molecule has 2 aliphatic heterocycles. The van der Waals surface area contributed by atoms with Crippen molar-refractivity contribution in [3.8, 4) is 0 Å². The van der Waals surface area contributed by atoms with Crippen LogP contribution in [0.2, 0.25) is 0 Å². The highest BCUT2D eigenvalue weighted by Gasteiger charge is 2.61. The van der Waals surface area contributed by atoms with E-state index in [1.807, 2.05) is 18.2 Å². The summed E-state index contributed by atoms with van der Waals surface area (Å²) in [6, 6.07) is 9.09. The summed E-state index contributed by atoms with van der Waals surface area (Å²) in [5.74, 6) is -9.51. The highest BCUT2D eigenvalue weighted by atomic mass is 16.9. The maximum absolute atomic E-state index is 12.3. The molecule has 0 amide bonds. The lowest BCUT2D eigenvalue weighted by Gasteiger charge is -2.47. The largest absolute Gasteiger partial charge is 0.463 e. The van der Waals surface area contributed by atoms with E-state index < -0.39 is 122 Å². The summed E-state index contributed by atoms with van der Waals surface area (Å²) in [4.78, 5) is 98.6. The predicted molar refractivity (Wildman–Crippen MR) is 199 cm³/mol. The Balaban J connectivity index is 1.91. The van der Waals surface area contributed by atoms with Gasteiger partial charge in [0.2, 0.25) is 6.10 Å². The van der Waals surface area contributed by atoms with Crippen LogP contribution in [-0.2, 0) is 102 Å². The second-order valence-corrected chi connectivity index (χ2v) is 13.8. The lowest BCUT2D eigenvalue weighted by Crippen LogP contribution is -2.69. The molecule has 22 nitrogen and oxygen atoms in total. The van der Waals surface area contributed by atoms with E-state index in [1.165, 1.54) is 0 Å². The summed E-state index contributed by atoms with van der Waals surface area (Å²) in [5, 5.41) is 11.9. The Kier molecular flexibility index (Phi) is 19.4. The molecule has 0 aliphatic carbocycles. The molecule has 2 heterocycles. The monoisotopic (exact) mass is 871 g/mol. The van der Waals surface area contributed by atoms with Gasteiger partial charge in [-0.3, -0.25) is 43.3 Å². The van der Waals surface area contributed by atoms with E-state index in [1.54, 1.807) is 17.0 Å². The van der Waals surface area contributed by atoms with E-state index in [2.05, 4.69) is 0 Å². The van der Waals surface area contributed by atoms with Crippen molar-refractivity contribution < 1.29 is 100 Å². The minimum Gasteiger partial charge on any atom is -0.463 e. The molecule has 0 saturated carbocycles. The van der Waals surface area contributed by atoms with Crippen molar-refractivity contribution in [3.63, 3.8) is 0 Å². The summed E-state index contributed by atoms with van der Waals surface area (Å²) in [5.41, 5.74) is 0.820. The molecule has 2 aliphatic rings. The van der Waals surface area contributed by atoms with E-state index in [0.29, 0.717) is 0 Å². The number of nitrogens with zero attached hydrogens (tertiary/aromatic N) is 1. The summed E-state index contributed by atoms with van der Waals surface area (Å²) < 4.78 is 66.4. The molecule has 10 atom stereocenters. The lowest BCUT2D eigenvalue weighted by molar-refractivity contribution is -0.447. The maximum Gasteiger partial charge on any atom is 0.324 e. The minimum atomic E-state index is -2.88. The Morgan fingerprint density at radius 1 is 0.574 bits per heavy atom. The first-order valence-corrected chi connectivity index (χ1v) is 19.1. The quantitative estimate of drug-likeness (QED) is 0.103. The minimum absolute atomic E-state index is 0.0183. The summed E-state index contributed by atoms with van der Waals surface area (Å²) >= 11 is 0. The van der Waals surface area contributed by atoms with Gasteiger partial charge in [-0.05, 0) is 5.56 Å². The average molecular weight is 872 g/mol. The summed E-state index contributed by atoms with van der Waals surface area (Å²) in [7, 11) is 0. The van der Waals surface area contributed by atoms with Crippen LogP contribution in [0.25, 0.3) is 0 Å². The molecule has 1 N–H and O–H groups in total. The third-order valence-corrected chi connectivity index (χ3v) is 8.62. The molecular formula is C39H53NO21. The van der Waals surface area contributed by atoms with Gasteiger partial charge in [0, 0.05) is 75.0 Å². The van der Waals surface area contributed by atoms with Crippen LogP contribution in [-0.4, -0.2) is 158 Å². The van der Waals surface area contributed by atoms with Crippen molar-refractivity contribution in [1.29, 1.82) is 0 Å². The van der Waals surface area contributed by atoms with Crippen molar-refractivity contribution in [3.05, 3.63) is 35.9 Å². The molecule has 1 aromatic carbocycles. The van der Waals surface area contributed by atoms with Crippen LogP contribution in [0.3, 0.4) is 0 Å². The number of carbonyl (C=O) groups excluding carboxylic acids is 8. The van der Waals surface area contributed by atoms with Crippen LogP contribution < -0.4 is 0 Å². The number of esters is 8. The number of ether oxygens (including phenoxy) is 12. The van der Waals surface area contributed by atoms with Gasteiger partial charge in [0.15, 0.2) is 36.8 Å². The Morgan fingerprint density at radius 2 is 1.03 bits per heavy atom. The topological polar surface area (TPSA) is 271 Å². The average Bonchev–Trinajstić information content (AvgIpc) is 3.14. The molecule has 2 saturated heterocycles. The first-order chi connectivity index (χ1) is 28.7. The fourth-order valence-corrected chi connectivity index (χ4v) is 6.42. The van der Waals surface area contributed by atoms with E-state index in [4.69, 9.17) is 56.8 Å². The lowest BCUT2D eigenvalue weighted by atomic mass is 9.96. The molecule has 0 aromatic heterocycles. The Bertz CT molecular complexity index is 1690. The molecule has 1 aromatic rings. The Labute approximate surface area is 351 Å². The number of aliphatic hydroxyl groups is 1. The molecule has 340 valence electrons. The van der Waals surface area contributed by atoms with Gasteiger partial charge in [0.25, 0.3) is 0 Å². The zero-order chi connectivity index (χ0) is 45.4. The molecule has 1 unspecified atom stereocenters. The van der Waals surface area contributed by atoms with Gasteiger partial charge in [0.1, 0.15) is 25.4 Å². The smallest absolute Gasteiger partial charge is 0.324 e. The second kappa shape index (κ2) is 23.7. The van der Waals surface area contributed by atoms with Gasteiger partial charge in [-0.1, -0.05) is 30.3 Å². The van der Waals surface area contributed by atoms with E-state index in [-0.39, 0.29) is 32.8 Å². The molecule has 0 radical (unpaired) electrons. The van der Waals surface area contributed by atoms with Gasteiger partial charge < -0.3 is 61.9 Å². The summed E-state index contributed by atoms with van der Waals surface area (Å²) in [6.07, 6.45) is -13.7. The molecule has 61 heavy (non-hydrogen) atoms. The van der Waals surface area contributed by atoms with Gasteiger partial charge >= 0.3 is 53.7 Å². The van der Waals surface area contributed by atoms with E-state index in [9.17, 15) is 43.5 Å². The first kappa shape index (κ1) is 50.1. The van der Waals surface area contributed by atoms with Crippen LogP contribution in [0.4, 0.5) is 0 Å². The maximum atomic E-state index is 12.3. The predicted octanol–water partition coefficient (Wildman–Crippen LogP) is 0.00800. The Morgan fingerprint density at radius 3 is 1.56 bits per heavy atom. The van der Waals surface area contributed by atoms with Crippen LogP contribution in [0.1, 0.15) is 61.0 Å². The molecular weight excluding hydrogens is 818 g/mol. The first-order valence-electron chi connectivity index (χ1n) is 19.1. The third kappa shape index (κ3) is 16.3. The number of carbonyl (C=O) groups is 8. The molecule has 0 spiro atoms. The van der Waals surface area contributed by atoms with Crippen LogP contribution in [0.15, 0.2) is 30.3 Å². The van der Waals surface area contributed by atoms with Crippen molar-refractivity contribution >= 4 is 47.8 Å². The van der Waals surface area contributed by atoms with Crippen molar-refractivity contribution in [2.75, 3.05) is 39.5 Å². The fraction of sp³-hybridized carbons (Fsp3) is 0.641. The standard InChI is InChI=1S/C39H53NO21/c1-21(41)51-19-30-32(54-23(3)43)34(56-25(5)45)36(58-27(7)47)38(60-30)50-16-14-40(18-29-12-10-9-11-13-29)15-17-53-39(49)37(59-28(8)48)35(57-26(6)46)33(55-24(4)44)31(61-39)20-52-22(2)42/h9-13,30-38,49H,14-20H2,1-8H3/t30-,31-,32-,33-,34+,35+,36+,37+,38+,39?/m1/s1. The van der Waals surface area contributed by atoms with Crippen LogP contribution >= 0.6 is 0 Å². The van der Waals surface area contributed by atoms with Gasteiger partial charge in [-0.2, -0.15) is 0 Å². The number of rotatable bonds is 20. The molecule has 0 bridgehead atoms. The van der Waals surface area contributed by atoms with Crippen molar-refractivity contribution in [2.24, 2.45) is 0 Å². The van der Waals surface area contributed by atoms with Crippen molar-refractivity contribution in [1.82, 2.24) is 4.90 Å². The fourth-order valence-electron chi connectivity index (χ4n) is 6.42. The Hall–Kier alpha value is -5.26. The van der Waals surface area contributed by atoms with Gasteiger partial charge in [-0.15, -0.1) is 0 Å². The van der Waals surface area contributed by atoms with E-state index in [0.717, 1.165) is 61.0 Å². The third-order valence-electron chi connectivity index (χ3n) is 8.62. The highest BCUT2D eigenvalue weighted by Crippen LogP contribution is 2.36. The van der Waals surface area contributed by atoms with Crippen LogP contribution in [0.5, 0.6) is 0 Å².